The molecule has 0 unspecified atom stereocenters. The van der Waals surface area contributed by atoms with Crippen molar-refractivity contribution in [1.29, 1.82) is 0 Å². The minimum atomic E-state index is -6.29. The fourth-order valence-corrected chi connectivity index (χ4v) is 3.58. The highest BCUT2D eigenvalue weighted by Gasteiger charge is 2.61. The zero-order valence-corrected chi connectivity index (χ0v) is 19.0. The molecule has 0 fully saturated rings. The monoisotopic (exact) mass is 550 g/mol. The van der Waals surface area contributed by atoms with Gasteiger partial charge in [0.2, 0.25) is 5.60 Å². The number of benzene rings is 1. The Balaban J connectivity index is 2.77. The van der Waals surface area contributed by atoms with E-state index in [9.17, 15) is 59.7 Å². The van der Waals surface area contributed by atoms with Gasteiger partial charge in [-0.15, -0.1) is 0 Å². The summed E-state index contributed by atoms with van der Waals surface area (Å²) in [6.45, 7) is -6.85. The number of rotatable bonds is 8. The number of nitrogens with zero attached hydrogens (tertiary/aromatic N) is 3. The Morgan fingerprint density at radius 2 is 1.62 bits per heavy atom. The summed E-state index contributed by atoms with van der Waals surface area (Å²) >= 11 is 0. The van der Waals surface area contributed by atoms with Gasteiger partial charge in [0.05, 0.1) is 24.5 Å². The van der Waals surface area contributed by atoms with Gasteiger partial charge >= 0.3 is 18.3 Å². The Bertz CT molecular complexity index is 1030. The van der Waals surface area contributed by atoms with Crippen LogP contribution >= 0.6 is 0 Å². The average molecular weight is 550 g/mol. The molecule has 0 saturated heterocycles. The Morgan fingerprint density at radius 3 is 2.08 bits per heavy atom. The number of alkyl halides is 8. The van der Waals surface area contributed by atoms with Crippen LogP contribution in [0.5, 0.6) is 0 Å². The number of halogens is 8. The highest BCUT2D eigenvalue weighted by Crippen LogP contribution is 2.39. The second kappa shape index (κ2) is 10.3. The SMILES string of the molecule is C[C@](O)(C(N)=O)C(=O)N(CC(F)(F)C(F)(F)F)[C@H]1CN(CC(F)(F)F)c2ccccc2N(CCO)C1=O. The second-order valence-electron chi connectivity index (χ2n) is 8.29. The molecule has 9 nitrogen and oxygen atoms in total. The quantitative estimate of drug-likeness (QED) is 0.328. The lowest BCUT2D eigenvalue weighted by molar-refractivity contribution is -0.286. The zero-order chi connectivity index (χ0) is 28.6. The molecule has 1 heterocycles. The minimum Gasteiger partial charge on any atom is -0.395 e. The molecular formula is C20H22F8N4O5. The predicted octanol–water partition coefficient (Wildman–Crippen LogP) is 1.03. The number of carbonyl (C=O) groups is 3. The van der Waals surface area contributed by atoms with Crippen LogP contribution in [0, 0.1) is 0 Å². The summed E-state index contributed by atoms with van der Waals surface area (Å²) in [5, 5.41) is 19.6. The molecule has 3 amide bonds. The van der Waals surface area contributed by atoms with Crippen molar-refractivity contribution in [2.24, 2.45) is 5.73 Å². The fourth-order valence-electron chi connectivity index (χ4n) is 3.58. The fraction of sp³-hybridized carbons (Fsp3) is 0.550. The standard InChI is InChI=1S/C20H22F8N4O5/c1-17(37,15(29)35)16(36)32(9-18(21,22)20(26,27)28)13-8-30(10-19(23,24)25)11-4-2-3-5-12(11)31(6-7-33)14(13)34/h2-5,13,33,37H,6-10H2,1H3,(H2,29,35)/t13-,17-/m0/s1. The lowest BCUT2D eigenvalue weighted by atomic mass is 10.0. The smallest absolute Gasteiger partial charge is 0.395 e. The summed E-state index contributed by atoms with van der Waals surface area (Å²) in [4.78, 5) is 38.4. The molecule has 4 N–H and O–H groups in total. The highest BCUT2D eigenvalue weighted by molar-refractivity contribution is 6.10. The molecule has 1 aromatic rings. The van der Waals surface area contributed by atoms with E-state index in [0.717, 1.165) is 12.1 Å². The number of primary amides is 1. The molecule has 208 valence electrons. The van der Waals surface area contributed by atoms with Gasteiger partial charge in [0.15, 0.2) is 0 Å². The predicted molar refractivity (Wildman–Crippen MR) is 110 cm³/mol. The highest BCUT2D eigenvalue weighted by atomic mass is 19.4. The maximum absolute atomic E-state index is 14.1. The van der Waals surface area contributed by atoms with Gasteiger partial charge in [-0.2, -0.15) is 35.1 Å². The molecule has 0 bridgehead atoms. The normalized spacial score (nSPS) is 18.7. The zero-order valence-electron chi connectivity index (χ0n) is 19.0. The Kier molecular flexibility index (Phi) is 8.34. The molecular weight excluding hydrogens is 528 g/mol. The first-order valence-corrected chi connectivity index (χ1v) is 10.4. The largest absolute Gasteiger partial charge is 0.455 e. The van der Waals surface area contributed by atoms with E-state index in [-0.39, 0.29) is 11.4 Å². The van der Waals surface area contributed by atoms with E-state index in [4.69, 9.17) is 5.73 Å². The van der Waals surface area contributed by atoms with E-state index in [2.05, 4.69) is 0 Å². The Hall–Kier alpha value is -3.21. The Labute approximate surface area is 204 Å². The summed E-state index contributed by atoms with van der Waals surface area (Å²) in [6, 6.07) is 2.24. The van der Waals surface area contributed by atoms with Gasteiger partial charge in [-0.3, -0.25) is 14.4 Å². The first-order valence-electron chi connectivity index (χ1n) is 10.4. The van der Waals surface area contributed by atoms with Crippen LogP contribution in [-0.4, -0.2) is 95.5 Å². The summed E-state index contributed by atoms with van der Waals surface area (Å²) in [5.74, 6) is -11.3. The Morgan fingerprint density at radius 1 is 1.08 bits per heavy atom. The molecule has 1 aromatic carbocycles. The van der Waals surface area contributed by atoms with Gasteiger partial charge in [0.1, 0.15) is 12.6 Å². The van der Waals surface area contributed by atoms with E-state index >= 15 is 0 Å². The van der Waals surface area contributed by atoms with Crippen molar-refractivity contribution in [1.82, 2.24) is 4.90 Å². The van der Waals surface area contributed by atoms with Crippen molar-refractivity contribution < 1.29 is 59.7 Å². The number of amides is 3. The van der Waals surface area contributed by atoms with Crippen LogP contribution in [0.1, 0.15) is 6.92 Å². The van der Waals surface area contributed by atoms with E-state index in [0.29, 0.717) is 16.7 Å². The van der Waals surface area contributed by atoms with Crippen molar-refractivity contribution in [3.05, 3.63) is 24.3 Å². The maximum atomic E-state index is 14.1. The number of nitrogens with two attached hydrogens (primary N) is 1. The summed E-state index contributed by atoms with van der Waals surface area (Å²) in [6.07, 6.45) is -11.3. The van der Waals surface area contributed by atoms with Crippen LogP contribution in [0.2, 0.25) is 0 Å². The first-order chi connectivity index (χ1) is 16.7. The van der Waals surface area contributed by atoms with E-state index in [1.807, 2.05) is 0 Å². The first kappa shape index (κ1) is 30.0. The minimum absolute atomic E-state index is 0.273. The van der Waals surface area contributed by atoms with Gasteiger partial charge in [0, 0.05) is 13.1 Å². The van der Waals surface area contributed by atoms with Gasteiger partial charge in [0.25, 0.3) is 17.7 Å². The number of β-amino-alcohol motifs (C(OH)–C–C–N with tert-alkyl or cyclic N) is 1. The van der Waals surface area contributed by atoms with Crippen molar-refractivity contribution in [2.45, 2.75) is 36.8 Å². The molecule has 0 radical (unpaired) electrons. The van der Waals surface area contributed by atoms with Gasteiger partial charge in [-0.05, 0) is 19.1 Å². The summed E-state index contributed by atoms with van der Waals surface area (Å²) < 4.78 is 108. The molecule has 0 aromatic heterocycles. The summed E-state index contributed by atoms with van der Waals surface area (Å²) in [5.41, 5.74) is 0.864. The van der Waals surface area contributed by atoms with E-state index < -0.39 is 85.3 Å². The number of carbonyl (C=O) groups excluding carboxylic acids is 3. The van der Waals surface area contributed by atoms with E-state index in [1.165, 1.54) is 12.1 Å². The molecule has 2 atom stereocenters. The van der Waals surface area contributed by atoms with Crippen LogP contribution in [0.25, 0.3) is 0 Å². The topological polar surface area (TPSA) is 127 Å². The lowest BCUT2D eigenvalue weighted by Crippen LogP contribution is -2.65. The number of hydrogen-bond acceptors (Lipinski definition) is 6. The molecule has 0 spiro atoms. The maximum Gasteiger partial charge on any atom is 0.455 e. The third-order valence-corrected chi connectivity index (χ3v) is 5.47. The van der Waals surface area contributed by atoms with Crippen molar-refractivity contribution >= 4 is 29.1 Å². The number of anilines is 2. The van der Waals surface area contributed by atoms with Crippen LogP contribution in [0.3, 0.4) is 0 Å². The number of fused-ring (bicyclic) bond motifs is 1. The number of aliphatic hydroxyl groups is 2. The number of aliphatic hydroxyl groups excluding tert-OH is 1. The van der Waals surface area contributed by atoms with Gasteiger partial charge < -0.3 is 30.6 Å². The average Bonchev–Trinajstić information content (AvgIpc) is 2.86. The third kappa shape index (κ3) is 6.38. The lowest BCUT2D eigenvalue weighted by Gasteiger charge is -2.39. The summed E-state index contributed by atoms with van der Waals surface area (Å²) in [7, 11) is 0. The van der Waals surface area contributed by atoms with Crippen molar-refractivity contribution in [3.8, 4) is 0 Å². The van der Waals surface area contributed by atoms with Crippen LogP contribution in [0.4, 0.5) is 46.5 Å². The van der Waals surface area contributed by atoms with Gasteiger partial charge in [-0.1, -0.05) is 12.1 Å². The molecule has 0 aliphatic carbocycles. The number of hydrogen-bond donors (Lipinski definition) is 3. The molecule has 1 aliphatic heterocycles. The van der Waals surface area contributed by atoms with Crippen molar-refractivity contribution in [3.63, 3.8) is 0 Å². The number of para-hydroxylation sites is 2. The third-order valence-electron chi connectivity index (χ3n) is 5.47. The van der Waals surface area contributed by atoms with E-state index in [1.54, 1.807) is 0 Å². The molecule has 37 heavy (non-hydrogen) atoms. The van der Waals surface area contributed by atoms with Crippen LogP contribution < -0.4 is 15.5 Å². The van der Waals surface area contributed by atoms with Crippen LogP contribution in [-0.2, 0) is 14.4 Å². The second-order valence-corrected chi connectivity index (χ2v) is 8.29. The van der Waals surface area contributed by atoms with Crippen LogP contribution in [0.15, 0.2) is 24.3 Å². The molecule has 17 heteroatoms. The molecule has 0 saturated carbocycles. The van der Waals surface area contributed by atoms with Gasteiger partial charge in [-0.25, -0.2) is 0 Å². The molecule has 1 aliphatic rings. The van der Waals surface area contributed by atoms with Crippen molar-refractivity contribution in [2.75, 3.05) is 42.6 Å². The molecule has 2 rings (SSSR count).